The highest BCUT2D eigenvalue weighted by Gasteiger charge is 2.06. The van der Waals surface area contributed by atoms with Crippen molar-refractivity contribution in [1.29, 1.82) is 0 Å². The first kappa shape index (κ1) is 16.8. The van der Waals surface area contributed by atoms with Gasteiger partial charge in [-0.2, -0.15) is 0 Å². The lowest BCUT2D eigenvalue weighted by Crippen LogP contribution is -2.05. The second-order valence-corrected chi connectivity index (χ2v) is 5.99. The van der Waals surface area contributed by atoms with Crippen LogP contribution >= 0.6 is 0 Å². The van der Waals surface area contributed by atoms with Crippen molar-refractivity contribution < 1.29 is 14.6 Å². The van der Waals surface area contributed by atoms with E-state index < -0.39 is 0 Å². The van der Waals surface area contributed by atoms with Crippen molar-refractivity contribution in [2.45, 2.75) is 47.1 Å². The first-order valence-electron chi connectivity index (χ1n) is 7.52. The third-order valence-corrected chi connectivity index (χ3v) is 3.13. The van der Waals surface area contributed by atoms with Gasteiger partial charge in [0.05, 0.1) is 19.8 Å². The molecule has 1 aromatic rings. The molecule has 0 aliphatic heterocycles. The molecule has 3 nitrogen and oxygen atoms in total. The van der Waals surface area contributed by atoms with Crippen LogP contribution in [0.25, 0.3) is 0 Å². The summed E-state index contributed by atoms with van der Waals surface area (Å²) in [4.78, 5) is 0. The van der Waals surface area contributed by atoms with Crippen LogP contribution < -0.4 is 9.47 Å². The molecule has 0 spiro atoms. The summed E-state index contributed by atoms with van der Waals surface area (Å²) in [7, 11) is 0. The fourth-order valence-electron chi connectivity index (χ4n) is 1.71. The fraction of sp³-hybridized carbons (Fsp3) is 0.647. The van der Waals surface area contributed by atoms with Gasteiger partial charge in [-0.15, -0.1) is 0 Å². The van der Waals surface area contributed by atoms with Gasteiger partial charge in [-0.05, 0) is 36.8 Å². The number of ether oxygens (including phenoxy) is 2. The molecule has 1 rings (SSSR count). The monoisotopic (exact) mass is 280 g/mol. The summed E-state index contributed by atoms with van der Waals surface area (Å²) in [6, 6.07) is 5.64. The van der Waals surface area contributed by atoms with Gasteiger partial charge in [0.2, 0.25) is 0 Å². The average Bonchev–Trinajstić information content (AvgIpc) is 2.38. The molecule has 0 unspecified atom stereocenters. The molecule has 0 aromatic heterocycles. The van der Waals surface area contributed by atoms with E-state index in [0.29, 0.717) is 25.0 Å². The maximum Gasteiger partial charge on any atom is 0.128 e. The van der Waals surface area contributed by atoms with Crippen molar-refractivity contribution in [3.05, 3.63) is 23.8 Å². The highest BCUT2D eigenvalue weighted by atomic mass is 16.5. The van der Waals surface area contributed by atoms with Gasteiger partial charge in [-0.1, -0.05) is 27.7 Å². The predicted octanol–water partition coefficient (Wildman–Crippen LogP) is 4.03. The Morgan fingerprint density at radius 1 is 0.950 bits per heavy atom. The lowest BCUT2D eigenvalue weighted by atomic mass is 10.1. The van der Waals surface area contributed by atoms with Crippen LogP contribution in [0, 0.1) is 11.8 Å². The zero-order valence-electron chi connectivity index (χ0n) is 13.2. The Kier molecular flexibility index (Phi) is 7.45. The molecule has 114 valence electrons. The van der Waals surface area contributed by atoms with Crippen molar-refractivity contribution in [1.82, 2.24) is 0 Å². The van der Waals surface area contributed by atoms with E-state index in [9.17, 15) is 5.11 Å². The standard InChI is InChI=1S/C17H28O3/c1-13(2)7-9-19-16-6-5-15(12-18)17(11-16)20-10-8-14(3)4/h5-6,11,13-14,18H,7-10,12H2,1-4H3. The summed E-state index contributed by atoms with van der Waals surface area (Å²) in [6.07, 6.45) is 2.04. The number of aliphatic hydroxyl groups excluding tert-OH is 1. The van der Waals surface area contributed by atoms with Crippen LogP contribution in [-0.4, -0.2) is 18.3 Å². The van der Waals surface area contributed by atoms with Gasteiger partial charge in [0.15, 0.2) is 0 Å². The van der Waals surface area contributed by atoms with Crippen LogP contribution in [0.2, 0.25) is 0 Å². The molecule has 1 N–H and O–H groups in total. The van der Waals surface area contributed by atoms with E-state index in [4.69, 9.17) is 9.47 Å². The molecule has 20 heavy (non-hydrogen) atoms. The highest BCUT2D eigenvalue weighted by molar-refractivity contribution is 5.40. The molecule has 0 bridgehead atoms. The Morgan fingerprint density at radius 3 is 2.10 bits per heavy atom. The van der Waals surface area contributed by atoms with E-state index >= 15 is 0 Å². The molecule has 0 aliphatic rings. The van der Waals surface area contributed by atoms with Crippen LogP contribution in [0.4, 0.5) is 0 Å². The summed E-state index contributed by atoms with van der Waals surface area (Å²) in [6.45, 7) is 10.1. The normalized spacial score (nSPS) is 11.2. The largest absolute Gasteiger partial charge is 0.493 e. The van der Waals surface area contributed by atoms with Crippen LogP contribution in [0.3, 0.4) is 0 Å². The molecule has 0 fully saturated rings. The SMILES string of the molecule is CC(C)CCOc1ccc(CO)c(OCCC(C)C)c1. The van der Waals surface area contributed by atoms with Gasteiger partial charge in [0, 0.05) is 11.6 Å². The molecule has 0 amide bonds. The Hall–Kier alpha value is -1.22. The van der Waals surface area contributed by atoms with Gasteiger partial charge in [-0.3, -0.25) is 0 Å². The van der Waals surface area contributed by atoms with E-state index in [0.717, 1.165) is 29.9 Å². The van der Waals surface area contributed by atoms with Crippen molar-refractivity contribution in [2.24, 2.45) is 11.8 Å². The second kappa shape index (κ2) is 8.85. The maximum absolute atomic E-state index is 9.35. The molecule has 0 aliphatic carbocycles. The predicted molar refractivity (Wildman–Crippen MR) is 82.3 cm³/mol. The number of rotatable bonds is 9. The molecule has 0 radical (unpaired) electrons. The summed E-state index contributed by atoms with van der Waals surface area (Å²) >= 11 is 0. The Morgan fingerprint density at radius 2 is 1.55 bits per heavy atom. The molecule has 3 heteroatoms. The van der Waals surface area contributed by atoms with Crippen LogP contribution in [0.1, 0.15) is 46.1 Å². The molecular weight excluding hydrogens is 252 g/mol. The zero-order chi connectivity index (χ0) is 15.0. The minimum absolute atomic E-state index is 0.0106. The summed E-state index contributed by atoms with van der Waals surface area (Å²) in [5.41, 5.74) is 0.810. The van der Waals surface area contributed by atoms with Crippen molar-refractivity contribution >= 4 is 0 Å². The van der Waals surface area contributed by atoms with Crippen molar-refractivity contribution in [3.8, 4) is 11.5 Å². The third-order valence-electron chi connectivity index (χ3n) is 3.13. The van der Waals surface area contributed by atoms with E-state index in [-0.39, 0.29) is 6.61 Å². The number of aliphatic hydroxyl groups is 1. The average molecular weight is 280 g/mol. The van der Waals surface area contributed by atoms with Crippen LogP contribution in [0.15, 0.2) is 18.2 Å². The topological polar surface area (TPSA) is 38.7 Å². The molecule has 0 saturated carbocycles. The zero-order valence-corrected chi connectivity index (χ0v) is 13.2. The van der Waals surface area contributed by atoms with Gasteiger partial charge in [0.1, 0.15) is 11.5 Å². The lowest BCUT2D eigenvalue weighted by Gasteiger charge is -2.14. The number of benzene rings is 1. The van der Waals surface area contributed by atoms with E-state index in [1.54, 1.807) is 0 Å². The molecule has 0 atom stereocenters. The Bertz CT molecular complexity index is 386. The third kappa shape index (κ3) is 6.29. The van der Waals surface area contributed by atoms with Crippen LogP contribution in [0.5, 0.6) is 11.5 Å². The fourth-order valence-corrected chi connectivity index (χ4v) is 1.71. The van der Waals surface area contributed by atoms with E-state index in [1.165, 1.54) is 0 Å². The van der Waals surface area contributed by atoms with Gasteiger partial charge in [0.25, 0.3) is 0 Å². The number of hydrogen-bond donors (Lipinski definition) is 1. The minimum atomic E-state index is -0.0106. The van der Waals surface area contributed by atoms with Gasteiger partial charge >= 0.3 is 0 Å². The summed E-state index contributed by atoms with van der Waals surface area (Å²) in [5, 5.41) is 9.35. The van der Waals surface area contributed by atoms with Gasteiger partial charge in [-0.25, -0.2) is 0 Å². The summed E-state index contributed by atoms with van der Waals surface area (Å²) in [5.74, 6) is 2.78. The van der Waals surface area contributed by atoms with E-state index in [2.05, 4.69) is 27.7 Å². The number of hydrogen-bond acceptors (Lipinski definition) is 3. The maximum atomic E-state index is 9.35. The molecule has 0 heterocycles. The summed E-state index contributed by atoms with van der Waals surface area (Å²) < 4.78 is 11.5. The Balaban J connectivity index is 2.60. The lowest BCUT2D eigenvalue weighted by molar-refractivity contribution is 0.251. The Labute approximate surface area is 122 Å². The van der Waals surface area contributed by atoms with Crippen molar-refractivity contribution in [2.75, 3.05) is 13.2 Å². The first-order valence-corrected chi connectivity index (χ1v) is 7.52. The molecular formula is C17H28O3. The van der Waals surface area contributed by atoms with Crippen molar-refractivity contribution in [3.63, 3.8) is 0 Å². The minimum Gasteiger partial charge on any atom is -0.493 e. The first-order chi connectivity index (χ1) is 9.52. The van der Waals surface area contributed by atoms with E-state index in [1.807, 2.05) is 18.2 Å². The smallest absolute Gasteiger partial charge is 0.128 e. The van der Waals surface area contributed by atoms with Gasteiger partial charge < -0.3 is 14.6 Å². The second-order valence-electron chi connectivity index (χ2n) is 5.99. The molecule has 1 aromatic carbocycles. The quantitative estimate of drug-likeness (QED) is 0.742. The van der Waals surface area contributed by atoms with Crippen LogP contribution in [-0.2, 0) is 6.61 Å². The molecule has 0 saturated heterocycles. The highest BCUT2D eigenvalue weighted by Crippen LogP contribution is 2.25.